The Morgan fingerprint density at radius 1 is 1.05 bits per heavy atom. The molecule has 0 N–H and O–H groups in total. The van der Waals surface area contributed by atoms with Gasteiger partial charge in [0.25, 0.3) is 5.91 Å². The Balaban J connectivity index is 2.12. The summed E-state index contributed by atoms with van der Waals surface area (Å²) >= 11 is 0. The van der Waals surface area contributed by atoms with Gasteiger partial charge in [0.1, 0.15) is 5.69 Å². The second-order valence-corrected chi connectivity index (χ2v) is 5.43. The summed E-state index contributed by atoms with van der Waals surface area (Å²) < 4.78 is 2.00. The van der Waals surface area contributed by atoms with Crippen LogP contribution in [0.1, 0.15) is 23.0 Å². The highest BCUT2D eigenvalue weighted by Gasteiger charge is 2.23. The molecule has 1 heterocycles. The molecule has 0 spiro atoms. The highest BCUT2D eigenvalue weighted by atomic mass is 16.2. The van der Waals surface area contributed by atoms with E-state index in [0.29, 0.717) is 6.54 Å². The van der Waals surface area contributed by atoms with Gasteiger partial charge in [0.05, 0.1) is 0 Å². The number of fused-ring (bicyclic) bond motifs is 1. The van der Waals surface area contributed by atoms with Crippen molar-refractivity contribution in [2.75, 3.05) is 11.4 Å². The van der Waals surface area contributed by atoms with Crippen molar-refractivity contribution < 1.29 is 4.79 Å². The van der Waals surface area contributed by atoms with Crippen molar-refractivity contribution in [3.63, 3.8) is 0 Å². The van der Waals surface area contributed by atoms with Crippen molar-refractivity contribution >= 4 is 22.5 Å². The van der Waals surface area contributed by atoms with E-state index in [1.54, 1.807) is 0 Å². The number of anilines is 1. The maximum atomic E-state index is 13.1. The van der Waals surface area contributed by atoms with E-state index in [-0.39, 0.29) is 5.91 Å². The molecule has 0 aliphatic rings. The summed E-state index contributed by atoms with van der Waals surface area (Å²) in [7, 11) is 1.96. The van der Waals surface area contributed by atoms with Gasteiger partial charge in [-0.15, -0.1) is 0 Å². The van der Waals surface area contributed by atoms with Gasteiger partial charge in [0.15, 0.2) is 0 Å². The second kappa shape index (κ2) is 5.68. The molecule has 0 radical (unpaired) electrons. The molecule has 2 aromatic carbocycles. The van der Waals surface area contributed by atoms with Crippen LogP contribution in [0, 0.1) is 6.92 Å². The SMILES string of the molecule is CCN(C(=O)c1c(C)c2ccccc2n1C)c1ccccc1. The average molecular weight is 292 g/mol. The maximum Gasteiger partial charge on any atom is 0.275 e. The standard InChI is InChI=1S/C19H20N2O/c1-4-21(15-10-6-5-7-11-15)19(22)18-14(2)16-12-8-9-13-17(16)20(18)3/h5-13H,4H2,1-3H3. The Bertz CT molecular complexity index is 779. The van der Waals surface area contributed by atoms with Crippen molar-refractivity contribution in [2.24, 2.45) is 7.05 Å². The van der Waals surface area contributed by atoms with Gasteiger partial charge in [-0.1, -0.05) is 36.4 Å². The number of rotatable bonds is 3. The summed E-state index contributed by atoms with van der Waals surface area (Å²) in [4.78, 5) is 14.9. The Morgan fingerprint density at radius 3 is 2.32 bits per heavy atom. The van der Waals surface area contributed by atoms with E-state index in [0.717, 1.165) is 27.8 Å². The fourth-order valence-corrected chi connectivity index (χ4v) is 3.07. The normalized spacial score (nSPS) is 10.9. The van der Waals surface area contributed by atoms with Crippen LogP contribution in [-0.4, -0.2) is 17.0 Å². The molecule has 0 aliphatic heterocycles. The molecule has 0 bridgehead atoms. The first-order valence-corrected chi connectivity index (χ1v) is 7.56. The lowest BCUT2D eigenvalue weighted by atomic mass is 10.1. The molecule has 112 valence electrons. The zero-order valence-electron chi connectivity index (χ0n) is 13.2. The van der Waals surface area contributed by atoms with Crippen LogP contribution in [0.5, 0.6) is 0 Å². The van der Waals surface area contributed by atoms with Gasteiger partial charge < -0.3 is 9.47 Å². The summed E-state index contributed by atoms with van der Waals surface area (Å²) in [5.41, 5.74) is 3.82. The first kappa shape index (κ1) is 14.4. The van der Waals surface area contributed by atoms with Gasteiger partial charge in [-0.25, -0.2) is 0 Å². The molecule has 0 unspecified atom stereocenters. The number of para-hydroxylation sites is 2. The van der Waals surface area contributed by atoms with Crippen LogP contribution in [0.3, 0.4) is 0 Å². The van der Waals surface area contributed by atoms with E-state index < -0.39 is 0 Å². The third kappa shape index (κ3) is 2.19. The zero-order chi connectivity index (χ0) is 15.7. The molecular formula is C19H20N2O. The Hall–Kier alpha value is -2.55. The van der Waals surface area contributed by atoms with E-state index in [1.807, 2.05) is 72.8 Å². The van der Waals surface area contributed by atoms with Crippen LogP contribution in [0.2, 0.25) is 0 Å². The lowest BCUT2D eigenvalue weighted by Gasteiger charge is -2.22. The lowest BCUT2D eigenvalue weighted by Crippen LogP contribution is -2.32. The van der Waals surface area contributed by atoms with Gasteiger partial charge >= 0.3 is 0 Å². The number of hydrogen-bond donors (Lipinski definition) is 0. The van der Waals surface area contributed by atoms with Crippen LogP contribution in [0.4, 0.5) is 5.69 Å². The van der Waals surface area contributed by atoms with Crippen molar-refractivity contribution in [1.29, 1.82) is 0 Å². The molecule has 0 saturated carbocycles. The number of amides is 1. The minimum Gasteiger partial charge on any atom is -0.339 e. The van der Waals surface area contributed by atoms with Gasteiger partial charge in [-0.2, -0.15) is 0 Å². The first-order chi connectivity index (χ1) is 10.6. The van der Waals surface area contributed by atoms with Crippen molar-refractivity contribution in [3.05, 3.63) is 65.9 Å². The summed E-state index contributed by atoms with van der Waals surface area (Å²) in [6.45, 7) is 4.67. The Morgan fingerprint density at radius 2 is 1.68 bits per heavy atom. The summed E-state index contributed by atoms with van der Waals surface area (Å²) in [6.07, 6.45) is 0. The minimum atomic E-state index is 0.0462. The number of benzene rings is 2. The van der Waals surface area contributed by atoms with Crippen molar-refractivity contribution in [1.82, 2.24) is 4.57 Å². The van der Waals surface area contributed by atoms with Gasteiger partial charge in [-0.3, -0.25) is 4.79 Å². The summed E-state index contributed by atoms with van der Waals surface area (Å²) in [5, 5.41) is 1.14. The largest absolute Gasteiger partial charge is 0.339 e. The summed E-state index contributed by atoms with van der Waals surface area (Å²) in [5.74, 6) is 0.0462. The highest BCUT2D eigenvalue weighted by Crippen LogP contribution is 2.27. The van der Waals surface area contributed by atoms with E-state index >= 15 is 0 Å². The molecule has 22 heavy (non-hydrogen) atoms. The average Bonchev–Trinajstić information content (AvgIpc) is 2.81. The van der Waals surface area contributed by atoms with E-state index in [4.69, 9.17) is 0 Å². The van der Waals surface area contributed by atoms with Crippen LogP contribution in [-0.2, 0) is 7.05 Å². The maximum absolute atomic E-state index is 13.1. The number of nitrogens with zero attached hydrogens (tertiary/aromatic N) is 2. The number of carbonyl (C=O) groups is 1. The highest BCUT2D eigenvalue weighted by molar-refractivity contribution is 6.09. The number of carbonyl (C=O) groups excluding carboxylic acids is 1. The molecule has 1 amide bonds. The predicted molar refractivity (Wildman–Crippen MR) is 91.4 cm³/mol. The second-order valence-electron chi connectivity index (χ2n) is 5.43. The molecular weight excluding hydrogens is 272 g/mol. The van der Waals surface area contributed by atoms with Gasteiger partial charge in [0, 0.05) is 30.2 Å². The van der Waals surface area contributed by atoms with Gasteiger partial charge in [-0.05, 0) is 37.6 Å². The quantitative estimate of drug-likeness (QED) is 0.712. The topological polar surface area (TPSA) is 25.2 Å². The van der Waals surface area contributed by atoms with E-state index in [2.05, 4.69) is 12.1 Å². The van der Waals surface area contributed by atoms with Crippen LogP contribution >= 0.6 is 0 Å². The molecule has 0 fully saturated rings. The molecule has 1 aromatic heterocycles. The molecule has 3 aromatic rings. The molecule has 0 saturated heterocycles. The predicted octanol–water partition coefficient (Wildman–Crippen LogP) is 4.15. The molecule has 3 rings (SSSR count). The third-order valence-corrected chi connectivity index (χ3v) is 4.19. The lowest BCUT2D eigenvalue weighted by molar-refractivity contribution is 0.0980. The van der Waals surface area contributed by atoms with Crippen molar-refractivity contribution in [2.45, 2.75) is 13.8 Å². The Labute approximate surface area is 130 Å². The van der Waals surface area contributed by atoms with E-state index in [9.17, 15) is 4.79 Å². The van der Waals surface area contributed by atoms with Crippen molar-refractivity contribution in [3.8, 4) is 0 Å². The number of hydrogen-bond acceptors (Lipinski definition) is 1. The van der Waals surface area contributed by atoms with Gasteiger partial charge in [0.2, 0.25) is 0 Å². The fourth-order valence-electron chi connectivity index (χ4n) is 3.07. The van der Waals surface area contributed by atoms with Crippen LogP contribution in [0.15, 0.2) is 54.6 Å². The summed E-state index contributed by atoms with van der Waals surface area (Å²) in [6, 6.07) is 18.0. The van der Waals surface area contributed by atoms with Crippen LogP contribution < -0.4 is 4.90 Å². The minimum absolute atomic E-state index is 0.0462. The number of aromatic nitrogens is 1. The van der Waals surface area contributed by atoms with Crippen LogP contribution in [0.25, 0.3) is 10.9 Å². The molecule has 3 heteroatoms. The fraction of sp³-hybridized carbons (Fsp3) is 0.211. The Kier molecular flexibility index (Phi) is 3.72. The molecule has 0 aliphatic carbocycles. The monoisotopic (exact) mass is 292 g/mol. The zero-order valence-corrected chi connectivity index (χ0v) is 13.2. The molecule has 0 atom stereocenters. The third-order valence-electron chi connectivity index (χ3n) is 4.19. The smallest absolute Gasteiger partial charge is 0.275 e. The van der Waals surface area contributed by atoms with E-state index in [1.165, 1.54) is 0 Å². The number of aryl methyl sites for hydroxylation is 2. The first-order valence-electron chi connectivity index (χ1n) is 7.56. The molecule has 3 nitrogen and oxygen atoms in total.